The predicted molar refractivity (Wildman–Crippen MR) is 124 cm³/mol. The lowest BCUT2D eigenvalue weighted by atomic mass is 10.1. The Morgan fingerprint density at radius 2 is 1.90 bits per heavy atom. The molecule has 2 aromatic carbocycles. The minimum absolute atomic E-state index is 0.591. The van der Waals surface area contributed by atoms with Crippen LogP contribution in [0.4, 0.5) is 23.0 Å². The minimum Gasteiger partial charge on any atom is -0.399 e. The molecule has 6 nitrogen and oxygen atoms in total. The Hall–Kier alpha value is -2.77. The van der Waals surface area contributed by atoms with Crippen molar-refractivity contribution in [2.24, 2.45) is 0 Å². The minimum atomic E-state index is 0.591. The van der Waals surface area contributed by atoms with Crippen LogP contribution in [0, 0.1) is 6.92 Å². The molecule has 1 saturated heterocycles. The third kappa shape index (κ3) is 4.86. The summed E-state index contributed by atoms with van der Waals surface area (Å²) in [5.41, 5.74) is 11.3. The molecule has 1 fully saturated rings. The van der Waals surface area contributed by atoms with Crippen molar-refractivity contribution in [2.75, 3.05) is 42.3 Å². The highest BCUT2D eigenvalue weighted by Gasteiger charge is 2.12. The van der Waals surface area contributed by atoms with Gasteiger partial charge in [0.25, 0.3) is 0 Å². The first-order chi connectivity index (χ1) is 14.6. The summed E-state index contributed by atoms with van der Waals surface area (Å²) in [6.45, 7) is 7.57. The van der Waals surface area contributed by atoms with E-state index in [1.807, 2.05) is 25.3 Å². The summed E-state index contributed by atoms with van der Waals surface area (Å²) in [7, 11) is 0. The topological polar surface area (TPSA) is 76.3 Å². The van der Waals surface area contributed by atoms with Crippen molar-refractivity contribution in [3.63, 3.8) is 0 Å². The predicted octanol–water partition coefficient (Wildman–Crippen LogP) is 4.66. The van der Waals surface area contributed by atoms with Gasteiger partial charge >= 0.3 is 0 Å². The lowest BCUT2D eigenvalue weighted by Gasteiger charge is -2.28. The lowest BCUT2D eigenvalue weighted by molar-refractivity contribution is 0.122. The molecule has 3 N–H and O–H groups in total. The van der Waals surface area contributed by atoms with E-state index in [0.29, 0.717) is 5.95 Å². The van der Waals surface area contributed by atoms with Crippen molar-refractivity contribution in [3.8, 4) is 0 Å². The number of benzene rings is 2. The Labute approximate surface area is 181 Å². The molecule has 0 aliphatic carbocycles. The van der Waals surface area contributed by atoms with Crippen molar-refractivity contribution in [1.29, 1.82) is 0 Å². The van der Waals surface area contributed by atoms with Crippen LogP contribution in [0.5, 0.6) is 0 Å². The fraction of sp³-hybridized carbons (Fsp3) is 0.304. The summed E-state index contributed by atoms with van der Waals surface area (Å²) in [6, 6.07) is 14.5. The van der Waals surface area contributed by atoms with Crippen LogP contribution in [0.2, 0.25) is 0 Å². The van der Waals surface area contributed by atoms with Crippen LogP contribution < -0.4 is 16.0 Å². The van der Waals surface area contributed by atoms with Gasteiger partial charge < -0.3 is 20.7 Å². The van der Waals surface area contributed by atoms with Crippen LogP contribution in [0.25, 0.3) is 0 Å². The van der Waals surface area contributed by atoms with Crippen molar-refractivity contribution < 1.29 is 4.74 Å². The zero-order valence-electron chi connectivity index (χ0n) is 17.4. The average Bonchev–Trinajstić information content (AvgIpc) is 2.78. The first-order valence-corrected chi connectivity index (χ1v) is 11.0. The highest BCUT2D eigenvalue weighted by Crippen LogP contribution is 2.31. The molecular weight excluding hydrogens is 394 g/mol. The summed E-state index contributed by atoms with van der Waals surface area (Å²) in [5.74, 6) is 0.591. The molecule has 0 unspecified atom stereocenters. The van der Waals surface area contributed by atoms with Gasteiger partial charge in [-0.3, -0.25) is 0 Å². The zero-order valence-corrected chi connectivity index (χ0v) is 18.2. The molecule has 0 radical (unpaired) electrons. The van der Waals surface area contributed by atoms with Crippen molar-refractivity contribution in [2.45, 2.75) is 30.2 Å². The van der Waals surface area contributed by atoms with Gasteiger partial charge in [0.2, 0.25) is 5.95 Å². The number of hydrogen-bond acceptors (Lipinski definition) is 7. The largest absolute Gasteiger partial charge is 0.399 e. The molecule has 0 saturated carbocycles. The van der Waals surface area contributed by atoms with Crippen LogP contribution in [0.3, 0.4) is 0 Å². The number of aromatic nitrogens is 2. The first-order valence-electron chi connectivity index (χ1n) is 10.2. The normalized spacial score (nSPS) is 14.0. The Morgan fingerprint density at radius 3 is 2.63 bits per heavy atom. The second-order valence-electron chi connectivity index (χ2n) is 7.27. The summed E-state index contributed by atoms with van der Waals surface area (Å²) in [4.78, 5) is 12.7. The van der Waals surface area contributed by atoms with E-state index in [0.717, 1.165) is 65.1 Å². The van der Waals surface area contributed by atoms with E-state index < -0.39 is 0 Å². The van der Waals surface area contributed by atoms with E-state index in [4.69, 9.17) is 15.5 Å². The van der Waals surface area contributed by atoms with Gasteiger partial charge in [-0.25, -0.2) is 9.97 Å². The number of nitrogens with two attached hydrogens (primary N) is 1. The van der Waals surface area contributed by atoms with Crippen molar-refractivity contribution in [3.05, 3.63) is 59.8 Å². The Bertz CT molecular complexity index is 1000. The van der Waals surface area contributed by atoms with Gasteiger partial charge in [-0.05, 0) is 61.4 Å². The van der Waals surface area contributed by atoms with E-state index in [2.05, 4.69) is 52.5 Å². The van der Waals surface area contributed by atoms with Gasteiger partial charge in [-0.15, -0.1) is 0 Å². The standard InChI is InChI=1S/C23H27N5OS/c1-3-17-14-20(8-9-21(17)24)30-22-16(2)15-25-23(27-22)26-18-4-6-19(7-5-18)28-10-12-29-13-11-28/h4-9,14-15H,3,10-13,24H2,1-2H3,(H,25,26,27). The number of anilines is 4. The maximum absolute atomic E-state index is 6.04. The Kier molecular flexibility index (Phi) is 6.40. The van der Waals surface area contributed by atoms with Crippen molar-refractivity contribution >= 4 is 34.8 Å². The van der Waals surface area contributed by atoms with E-state index in [1.54, 1.807) is 11.8 Å². The number of morpholine rings is 1. The van der Waals surface area contributed by atoms with Gasteiger partial charge in [0.05, 0.1) is 13.2 Å². The second kappa shape index (κ2) is 9.36. The first kappa shape index (κ1) is 20.5. The van der Waals surface area contributed by atoms with Crippen LogP contribution in [0.15, 0.2) is 58.6 Å². The third-order valence-electron chi connectivity index (χ3n) is 5.13. The zero-order chi connectivity index (χ0) is 20.9. The molecule has 1 aliphatic heterocycles. The number of nitrogens with one attached hydrogen (secondary N) is 1. The van der Waals surface area contributed by atoms with E-state index >= 15 is 0 Å². The molecule has 0 atom stereocenters. The molecule has 7 heteroatoms. The summed E-state index contributed by atoms with van der Waals surface area (Å²) >= 11 is 1.63. The molecule has 30 heavy (non-hydrogen) atoms. The monoisotopic (exact) mass is 421 g/mol. The second-order valence-corrected chi connectivity index (χ2v) is 8.33. The van der Waals surface area contributed by atoms with Crippen LogP contribution in [-0.2, 0) is 11.2 Å². The summed E-state index contributed by atoms with van der Waals surface area (Å²) < 4.78 is 5.43. The number of aryl methyl sites for hydroxylation is 2. The molecule has 0 amide bonds. The highest BCUT2D eigenvalue weighted by atomic mass is 32.2. The van der Waals surface area contributed by atoms with Crippen LogP contribution in [0.1, 0.15) is 18.1 Å². The molecule has 4 rings (SSSR count). The van der Waals surface area contributed by atoms with Gasteiger partial charge in [-0.2, -0.15) is 0 Å². The number of nitrogen functional groups attached to an aromatic ring is 1. The fourth-order valence-electron chi connectivity index (χ4n) is 3.36. The SMILES string of the molecule is CCc1cc(Sc2nc(Nc3ccc(N4CCOCC4)cc3)ncc2C)ccc1N. The number of hydrogen-bond donors (Lipinski definition) is 2. The molecule has 2 heterocycles. The van der Waals surface area contributed by atoms with Crippen molar-refractivity contribution in [1.82, 2.24) is 9.97 Å². The maximum Gasteiger partial charge on any atom is 0.228 e. The summed E-state index contributed by atoms with van der Waals surface area (Å²) in [6.07, 6.45) is 2.77. The molecular formula is C23H27N5OS. The Morgan fingerprint density at radius 1 is 1.13 bits per heavy atom. The molecule has 156 valence electrons. The van der Waals surface area contributed by atoms with E-state index in [1.165, 1.54) is 5.69 Å². The number of rotatable bonds is 6. The van der Waals surface area contributed by atoms with E-state index in [9.17, 15) is 0 Å². The molecule has 0 bridgehead atoms. The van der Waals surface area contributed by atoms with Gasteiger partial charge in [0.15, 0.2) is 0 Å². The summed E-state index contributed by atoms with van der Waals surface area (Å²) in [5, 5.41) is 4.25. The van der Waals surface area contributed by atoms with Crippen LogP contribution in [-0.4, -0.2) is 36.3 Å². The quantitative estimate of drug-likeness (QED) is 0.443. The van der Waals surface area contributed by atoms with Gasteiger partial charge in [-0.1, -0.05) is 18.7 Å². The lowest BCUT2D eigenvalue weighted by Crippen LogP contribution is -2.36. The maximum atomic E-state index is 6.04. The van der Waals surface area contributed by atoms with E-state index in [-0.39, 0.29) is 0 Å². The molecule has 1 aliphatic rings. The van der Waals surface area contributed by atoms with Gasteiger partial charge in [0, 0.05) is 46.8 Å². The fourth-order valence-corrected chi connectivity index (χ4v) is 4.27. The van der Waals surface area contributed by atoms with Gasteiger partial charge in [0.1, 0.15) is 5.03 Å². The molecule has 1 aromatic heterocycles. The highest BCUT2D eigenvalue weighted by molar-refractivity contribution is 7.99. The smallest absolute Gasteiger partial charge is 0.228 e. The van der Waals surface area contributed by atoms with Crippen LogP contribution >= 0.6 is 11.8 Å². The Balaban J connectivity index is 1.47. The third-order valence-corrected chi connectivity index (χ3v) is 6.23. The number of nitrogens with zero attached hydrogens (tertiary/aromatic N) is 3. The average molecular weight is 422 g/mol. The molecule has 0 spiro atoms. The molecule has 3 aromatic rings. The number of ether oxygens (including phenoxy) is 1.